The van der Waals surface area contributed by atoms with Crippen LogP contribution in [0.4, 0.5) is 5.69 Å². The topological polar surface area (TPSA) is 79.9 Å². The molecular weight excluding hydrogens is 278 g/mol. The van der Waals surface area contributed by atoms with Gasteiger partial charge >= 0.3 is 0 Å². The van der Waals surface area contributed by atoms with Crippen molar-refractivity contribution in [1.82, 2.24) is 0 Å². The van der Waals surface area contributed by atoms with Crippen molar-refractivity contribution in [2.24, 2.45) is 10.7 Å². The number of nitrogens with two attached hydrogens (primary N) is 1. The van der Waals surface area contributed by atoms with E-state index in [1.54, 1.807) is 7.11 Å². The van der Waals surface area contributed by atoms with Gasteiger partial charge in [-0.2, -0.15) is 0 Å². The molecule has 0 fully saturated rings. The van der Waals surface area contributed by atoms with Gasteiger partial charge in [0.15, 0.2) is 5.96 Å². The monoisotopic (exact) mass is 299 g/mol. The molecule has 0 unspecified atom stereocenters. The molecule has 0 aromatic heterocycles. The Labute approximate surface area is 130 Å². The van der Waals surface area contributed by atoms with Crippen molar-refractivity contribution in [3.05, 3.63) is 65.2 Å². The van der Waals surface area contributed by atoms with E-state index in [-0.39, 0.29) is 6.61 Å². The second-order valence-electron chi connectivity index (χ2n) is 4.84. The molecule has 2 aromatic rings. The highest BCUT2D eigenvalue weighted by Gasteiger charge is 2.03. The zero-order valence-electron chi connectivity index (χ0n) is 12.6. The molecule has 22 heavy (non-hydrogen) atoms. The molecule has 0 saturated heterocycles. The maximum atomic E-state index is 9.31. The van der Waals surface area contributed by atoms with Crippen LogP contribution >= 0.6 is 0 Å². The van der Waals surface area contributed by atoms with Gasteiger partial charge in [-0.25, -0.2) is 4.99 Å². The summed E-state index contributed by atoms with van der Waals surface area (Å²) in [6.07, 6.45) is 0. The first-order valence-electron chi connectivity index (χ1n) is 7.06. The van der Waals surface area contributed by atoms with Crippen molar-refractivity contribution < 1.29 is 9.84 Å². The molecule has 0 bridgehead atoms. The second-order valence-corrected chi connectivity index (χ2v) is 4.84. The molecule has 4 N–H and O–H groups in total. The Balaban J connectivity index is 2.07. The summed E-state index contributed by atoms with van der Waals surface area (Å²) in [5, 5.41) is 12.4. The third-order valence-corrected chi connectivity index (χ3v) is 3.29. The van der Waals surface area contributed by atoms with Gasteiger partial charge in [0.1, 0.15) is 0 Å². The molecule has 0 radical (unpaired) electrons. The summed E-state index contributed by atoms with van der Waals surface area (Å²) < 4.78 is 5.16. The molecule has 0 amide bonds. The number of methoxy groups -OCH3 is 1. The van der Waals surface area contributed by atoms with Crippen LogP contribution in [0.1, 0.15) is 16.7 Å². The van der Waals surface area contributed by atoms with Gasteiger partial charge in [-0.1, -0.05) is 42.5 Å². The lowest BCUT2D eigenvalue weighted by Gasteiger charge is -2.11. The molecule has 5 nitrogen and oxygen atoms in total. The average molecular weight is 299 g/mol. The minimum atomic E-state index is -0.00427. The number of aliphatic hydroxyl groups excluding tert-OH is 1. The lowest BCUT2D eigenvalue weighted by atomic mass is 10.1. The quantitative estimate of drug-likeness (QED) is 0.564. The van der Waals surface area contributed by atoms with E-state index in [2.05, 4.69) is 10.3 Å². The number of para-hydroxylation sites is 1. The van der Waals surface area contributed by atoms with E-state index >= 15 is 0 Å². The van der Waals surface area contributed by atoms with Gasteiger partial charge in [-0.3, -0.25) is 0 Å². The molecule has 0 atom stereocenters. The van der Waals surface area contributed by atoms with Gasteiger partial charge in [0, 0.05) is 18.4 Å². The van der Waals surface area contributed by atoms with Crippen molar-refractivity contribution in [1.29, 1.82) is 0 Å². The molecule has 0 saturated carbocycles. The Kier molecular flexibility index (Phi) is 5.94. The average Bonchev–Trinajstić information content (AvgIpc) is 2.55. The molecule has 116 valence electrons. The molecule has 2 rings (SSSR count). The number of guanidine groups is 1. The van der Waals surface area contributed by atoms with Crippen LogP contribution in [0, 0.1) is 0 Å². The molecule has 2 aromatic carbocycles. The maximum absolute atomic E-state index is 9.31. The third kappa shape index (κ3) is 4.31. The summed E-state index contributed by atoms with van der Waals surface area (Å²) in [7, 11) is 1.65. The number of aliphatic imine (C=N–C) groups is 1. The molecule has 0 heterocycles. The molecule has 0 aliphatic rings. The SMILES string of the molecule is COCc1ccccc1NC(N)=NCc1ccccc1CO. The standard InChI is InChI=1S/C17H21N3O2/c1-22-12-15-8-4-5-9-16(15)20-17(18)19-10-13-6-2-3-7-14(13)11-21/h2-9,21H,10-12H2,1H3,(H3,18,19,20). The fourth-order valence-electron chi connectivity index (χ4n) is 2.14. The number of aliphatic hydroxyl groups is 1. The van der Waals surface area contributed by atoms with Crippen LogP contribution in [0.2, 0.25) is 0 Å². The van der Waals surface area contributed by atoms with E-state index in [1.807, 2.05) is 48.5 Å². The largest absolute Gasteiger partial charge is 0.392 e. The Morgan fingerprint density at radius 1 is 1.09 bits per heavy atom. The Morgan fingerprint density at radius 2 is 1.73 bits per heavy atom. The lowest BCUT2D eigenvalue weighted by molar-refractivity contribution is 0.185. The highest BCUT2D eigenvalue weighted by atomic mass is 16.5. The van der Waals surface area contributed by atoms with E-state index < -0.39 is 0 Å². The molecule has 0 aliphatic heterocycles. The zero-order chi connectivity index (χ0) is 15.8. The lowest BCUT2D eigenvalue weighted by Crippen LogP contribution is -2.23. The van der Waals surface area contributed by atoms with Gasteiger partial charge in [0.25, 0.3) is 0 Å². The first-order valence-corrected chi connectivity index (χ1v) is 7.06. The van der Waals surface area contributed by atoms with Gasteiger partial charge in [0.2, 0.25) is 0 Å². The number of hydrogen-bond donors (Lipinski definition) is 3. The van der Waals surface area contributed by atoms with E-state index in [9.17, 15) is 5.11 Å². The zero-order valence-corrected chi connectivity index (χ0v) is 12.6. The first kappa shape index (κ1) is 16.0. The minimum Gasteiger partial charge on any atom is -0.392 e. The number of hydrogen-bond acceptors (Lipinski definition) is 3. The van der Waals surface area contributed by atoms with E-state index in [0.717, 1.165) is 22.4 Å². The Bertz CT molecular complexity index is 641. The highest BCUT2D eigenvalue weighted by Crippen LogP contribution is 2.16. The van der Waals surface area contributed by atoms with Gasteiger partial charge in [0.05, 0.1) is 19.8 Å². The Hall–Kier alpha value is -2.37. The van der Waals surface area contributed by atoms with Gasteiger partial charge in [-0.15, -0.1) is 0 Å². The fourth-order valence-corrected chi connectivity index (χ4v) is 2.14. The summed E-state index contributed by atoms with van der Waals surface area (Å²) in [5.41, 5.74) is 9.65. The van der Waals surface area contributed by atoms with E-state index in [1.165, 1.54) is 0 Å². The van der Waals surface area contributed by atoms with Crippen LogP contribution in [-0.2, 0) is 24.5 Å². The summed E-state index contributed by atoms with van der Waals surface area (Å²) in [5.74, 6) is 0.330. The van der Waals surface area contributed by atoms with Crippen molar-refractivity contribution in [2.75, 3.05) is 12.4 Å². The van der Waals surface area contributed by atoms with Crippen molar-refractivity contribution in [3.63, 3.8) is 0 Å². The third-order valence-electron chi connectivity index (χ3n) is 3.29. The number of rotatable bonds is 6. The van der Waals surface area contributed by atoms with Crippen molar-refractivity contribution >= 4 is 11.6 Å². The number of nitrogens with zero attached hydrogens (tertiary/aromatic N) is 1. The highest BCUT2D eigenvalue weighted by molar-refractivity contribution is 5.92. The van der Waals surface area contributed by atoms with Crippen LogP contribution in [-0.4, -0.2) is 18.2 Å². The minimum absolute atomic E-state index is 0.00427. The van der Waals surface area contributed by atoms with Gasteiger partial charge in [-0.05, 0) is 17.2 Å². The number of nitrogens with one attached hydrogen (secondary N) is 1. The molecule has 0 spiro atoms. The first-order chi connectivity index (χ1) is 10.7. The van der Waals surface area contributed by atoms with Gasteiger partial charge < -0.3 is 20.9 Å². The summed E-state index contributed by atoms with van der Waals surface area (Å²) in [6.45, 7) is 0.918. The van der Waals surface area contributed by atoms with Crippen LogP contribution in [0.25, 0.3) is 0 Å². The number of anilines is 1. The summed E-state index contributed by atoms with van der Waals surface area (Å²) in [6, 6.07) is 15.4. The molecular formula is C17H21N3O2. The normalized spacial score (nSPS) is 11.5. The fraction of sp³-hybridized carbons (Fsp3) is 0.235. The molecule has 0 aliphatic carbocycles. The maximum Gasteiger partial charge on any atom is 0.193 e. The second kappa shape index (κ2) is 8.17. The van der Waals surface area contributed by atoms with Crippen molar-refractivity contribution in [2.45, 2.75) is 19.8 Å². The van der Waals surface area contributed by atoms with Crippen LogP contribution in [0.3, 0.4) is 0 Å². The van der Waals surface area contributed by atoms with Crippen LogP contribution in [0.5, 0.6) is 0 Å². The summed E-state index contributed by atoms with van der Waals surface area (Å²) in [4.78, 5) is 4.33. The summed E-state index contributed by atoms with van der Waals surface area (Å²) >= 11 is 0. The Morgan fingerprint density at radius 3 is 2.41 bits per heavy atom. The van der Waals surface area contributed by atoms with E-state index in [0.29, 0.717) is 19.1 Å². The number of ether oxygens (including phenoxy) is 1. The molecule has 5 heteroatoms. The predicted octanol–water partition coefficient (Wildman–Crippen LogP) is 2.25. The van der Waals surface area contributed by atoms with Crippen LogP contribution in [0.15, 0.2) is 53.5 Å². The van der Waals surface area contributed by atoms with Crippen molar-refractivity contribution in [3.8, 4) is 0 Å². The van der Waals surface area contributed by atoms with Crippen LogP contribution < -0.4 is 11.1 Å². The number of benzene rings is 2. The smallest absolute Gasteiger partial charge is 0.193 e. The predicted molar refractivity (Wildman–Crippen MR) is 88.5 cm³/mol. The van der Waals surface area contributed by atoms with E-state index in [4.69, 9.17) is 10.5 Å².